The summed E-state index contributed by atoms with van der Waals surface area (Å²) in [6, 6.07) is -1.07. The first-order chi connectivity index (χ1) is 15.6. The molecule has 2 heterocycles. The maximum Gasteiger partial charge on any atom is 0.410 e. The van der Waals surface area contributed by atoms with E-state index in [4.69, 9.17) is 9.47 Å². The van der Waals surface area contributed by atoms with Crippen molar-refractivity contribution >= 4 is 18.0 Å². The SMILES string of the molecule is CCCCCCOC(=O)C1CCCCN1C(=O)C1CCCCN1C(=O)OCCCCCC. The molecule has 0 spiro atoms. The monoisotopic (exact) mass is 452 g/mol. The maximum absolute atomic E-state index is 13.5. The third kappa shape index (κ3) is 8.28. The standard InChI is InChI=1S/C25H44N2O5/c1-3-5-7-13-19-31-24(29)22-16-10-11-17-26(22)23(28)21-15-9-12-18-27(21)25(30)32-20-14-8-6-4-2/h21-22H,3-20H2,1-2H3. The van der Waals surface area contributed by atoms with Crippen LogP contribution in [-0.4, -0.2) is 66.2 Å². The van der Waals surface area contributed by atoms with Gasteiger partial charge in [0.25, 0.3) is 0 Å². The van der Waals surface area contributed by atoms with Gasteiger partial charge in [0.2, 0.25) is 5.91 Å². The van der Waals surface area contributed by atoms with E-state index in [-0.39, 0.29) is 11.9 Å². The number of hydrogen-bond acceptors (Lipinski definition) is 5. The second kappa shape index (κ2) is 15.1. The number of nitrogens with zero attached hydrogens (tertiary/aromatic N) is 2. The van der Waals surface area contributed by atoms with Gasteiger partial charge in [-0.05, 0) is 51.4 Å². The summed E-state index contributed by atoms with van der Waals surface area (Å²) in [4.78, 5) is 42.2. The fourth-order valence-electron chi connectivity index (χ4n) is 4.61. The molecule has 0 aromatic heterocycles. The molecule has 2 fully saturated rings. The Labute approximate surface area is 194 Å². The van der Waals surface area contributed by atoms with Crippen molar-refractivity contribution in [3.8, 4) is 0 Å². The highest BCUT2D eigenvalue weighted by Crippen LogP contribution is 2.25. The zero-order valence-electron chi connectivity index (χ0n) is 20.3. The van der Waals surface area contributed by atoms with Crippen LogP contribution in [0.4, 0.5) is 4.79 Å². The molecule has 2 atom stereocenters. The van der Waals surface area contributed by atoms with Crippen LogP contribution in [0.5, 0.6) is 0 Å². The summed E-state index contributed by atoms with van der Waals surface area (Å²) in [5, 5.41) is 0. The second-order valence-electron chi connectivity index (χ2n) is 9.15. The van der Waals surface area contributed by atoms with E-state index in [1.165, 1.54) is 0 Å². The molecule has 2 unspecified atom stereocenters. The minimum Gasteiger partial charge on any atom is -0.464 e. The van der Waals surface area contributed by atoms with Gasteiger partial charge in [0.05, 0.1) is 13.2 Å². The minimum atomic E-state index is -0.537. The van der Waals surface area contributed by atoms with E-state index >= 15 is 0 Å². The smallest absolute Gasteiger partial charge is 0.410 e. The van der Waals surface area contributed by atoms with Crippen molar-refractivity contribution in [3.05, 3.63) is 0 Å². The van der Waals surface area contributed by atoms with Gasteiger partial charge in [-0.15, -0.1) is 0 Å². The molecule has 0 N–H and O–H groups in total. The van der Waals surface area contributed by atoms with Crippen LogP contribution in [0.15, 0.2) is 0 Å². The number of rotatable bonds is 12. The Balaban J connectivity index is 1.93. The number of likely N-dealkylation sites (tertiary alicyclic amines) is 2. The lowest BCUT2D eigenvalue weighted by atomic mass is 9.97. The Morgan fingerprint density at radius 1 is 0.688 bits per heavy atom. The molecule has 2 aliphatic heterocycles. The first kappa shape index (κ1) is 26.5. The molecule has 0 aliphatic carbocycles. The highest BCUT2D eigenvalue weighted by Gasteiger charge is 2.41. The molecule has 0 radical (unpaired) electrons. The first-order valence-corrected chi connectivity index (χ1v) is 13.0. The third-order valence-electron chi connectivity index (χ3n) is 6.55. The maximum atomic E-state index is 13.5. The van der Waals surface area contributed by atoms with Crippen molar-refractivity contribution in [3.63, 3.8) is 0 Å². The molecule has 2 rings (SSSR count). The van der Waals surface area contributed by atoms with Gasteiger partial charge in [-0.1, -0.05) is 52.4 Å². The molecule has 0 saturated carbocycles. The predicted molar refractivity (Wildman–Crippen MR) is 124 cm³/mol. The second-order valence-corrected chi connectivity index (χ2v) is 9.15. The quantitative estimate of drug-likeness (QED) is 0.305. The lowest BCUT2D eigenvalue weighted by Gasteiger charge is -2.40. The fourth-order valence-corrected chi connectivity index (χ4v) is 4.61. The Morgan fingerprint density at radius 2 is 1.25 bits per heavy atom. The first-order valence-electron chi connectivity index (χ1n) is 13.0. The Morgan fingerprint density at radius 3 is 1.88 bits per heavy atom. The van der Waals surface area contributed by atoms with E-state index in [9.17, 15) is 14.4 Å². The average molecular weight is 453 g/mol. The summed E-state index contributed by atoms with van der Waals surface area (Å²) < 4.78 is 11.0. The Kier molecular flexibility index (Phi) is 12.5. The number of piperidine rings is 2. The van der Waals surface area contributed by atoms with Gasteiger partial charge >= 0.3 is 12.1 Å². The number of amides is 2. The highest BCUT2D eigenvalue weighted by molar-refractivity contribution is 5.90. The third-order valence-corrected chi connectivity index (χ3v) is 6.55. The summed E-state index contributed by atoms with van der Waals surface area (Å²) >= 11 is 0. The molecular formula is C25H44N2O5. The number of hydrogen-bond donors (Lipinski definition) is 0. The van der Waals surface area contributed by atoms with Crippen LogP contribution < -0.4 is 0 Å². The zero-order valence-corrected chi connectivity index (χ0v) is 20.3. The van der Waals surface area contributed by atoms with Crippen molar-refractivity contribution < 1.29 is 23.9 Å². The summed E-state index contributed by atoms with van der Waals surface area (Å²) in [6.45, 7) is 6.18. The normalized spacial score (nSPS) is 21.3. The van der Waals surface area contributed by atoms with Gasteiger partial charge in [-0.2, -0.15) is 0 Å². The predicted octanol–water partition coefficient (Wildman–Crippen LogP) is 5.06. The Hall–Kier alpha value is -1.79. The summed E-state index contributed by atoms with van der Waals surface area (Å²) in [6.07, 6.45) is 12.8. The van der Waals surface area contributed by atoms with Crippen molar-refractivity contribution in [2.45, 2.75) is 116 Å². The number of esters is 1. The van der Waals surface area contributed by atoms with E-state index in [0.29, 0.717) is 39.1 Å². The van der Waals surface area contributed by atoms with Crippen molar-refractivity contribution in [1.82, 2.24) is 9.80 Å². The van der Waals surface area contributed by atoms with Crippen LogP contribution in [0.3, 0.4) is 0 Å². The summed E-state index contributed by atoms with van der Waals surface area (Å²) in [7, 11) is 0. The van der Waals surface area contributed by atoms with Crippen LogP contribution in [-0.2, 0) is 19.1 Å². The van der Waals surface area contributed by atoms with Crippen LogP contribution in [0.2, 0.25) is 0 Å². The zero-order chi connectivity index (χ0) is 23.2. The molecule has 2 aliphatic rings. The van der Waals surface area contributed by atoms with E-state index in [1.807, 2.05) is 0 Å². The number of ether oxygens (including phenoxy) is 2. The largest absolute Gasteiger partial charge is 0.464 e. The molecule has 2 saturated heterocycles. The molecular weight excluding hydrogens is 408 g/mol. The van der Waals surface area contributed by atoms with Gasteiger partial charge in [-0.3, -0.25) is 9.69 Å². The molecule has 0 aromatic rings. The topological polar surface area (TPSA) is 76.2 Å². The van der Waals surface area contributed by atoms with Gasteiger partial charge in [0.15, 0.2) is 0 Å². The van der Waals surface area contributed by atoms with Crippen LogP contribution in [0, 0.1) is 0 Å². The molecule has 0 bridgehead atoms. The molecule has 184 valence electrons. The molecule has 7 heteroatoms. The van der Waals surface area contributed by atoms with Gasteiger partial charge in [0.1, 0.15) is 12.1 Å². The minimum absolute atomic E-state index is 0.125. The number of carbonyl (C=O) groups is 3. The van der Waals surface area contributed by atoms with Crippen molar-refractivity contribution in [2.75, 3.05) is 26.3 Å². The number of unbranched alkanes of at least 4 members (excludes halogenated alkanes) is 6. The molecule has 7 nitrogen and oxygen atoms in total. The lowest BCUT2D eigenvalue weighted by molar-refractivity contribution is -0.159. The van der Waals surface area contributed by atoms with E-state index in [2.05, 4.69) is 13.8 Å². The van der Waals surface area contributed by atoms with Crippen LogP contribution in [0.25, 0.3) is 0 Å². The summed E-state index contributed by atoms with van der Waals surface area (Å²) in [5.41, 5.74) is 0. The van der Waals surface area contributed by atoms with Crippen LogP contribution >= 0.6 is 0 Å². The van der Waals surface area contributed by atoms with Gasteiger partial charge < -0.3 is 14.4 Å². The average Bonchev–Trinajstić information content (AvgIpc) is 2.83. The summed E-state index contributed by atoms with van der Waals surface area (Å²) in [5.74, 6) is -0.421. The Bertz CT molecular complexity index is 535. The molecule has 0 aromatic carbocycles. The van der Waals surface area contributed by atoms with Crippen molar-refractivity contribution in [2.24, 2.45) is 0 Å². The number of carbonyl (C=O) groups excluding carboxylic acids is 3. The molecule has 2 amide bonds. The van der Waals surface area contributed by atoms with Gasteiger partial charge in [-0.25, -0.2) is 9.59 Å². The highest BCUT2D eigenvalue weighted by atomic mass is 16.6. The lowest BCUT2D eigenvalue weighted by Crippen LogP contribution is -2.58. The van der Waals surface area contributed by atoms with Gasteiger partial charge in [0, 0.05) is 13.1 Å². The van der Waals surface area contributed by atoms with E-state index in [0.717, 1.165) is 77.0 Å². The fraction of sp³-hybridized carbons (Fsp3) is 0.880. The van der Waals surface area contributed by atoms with E-state index < -0.39 is 18.2 Å². The van der Waals surface area contributed by atoms with Crippen LogP contribution in [0.1, 0.15) is 104 Å². The van der Waals surface area contributed by atoms with E-state index in [1.54, 1.807) is 9.80 Å². The van der Waals surface area contributed by atoms with Crippen molar-refractivity contribution in [1.29, 1.82) is 0 Å². The molecule has 32 heavy (non-hydrogen) atoms.